The van der Waals surface area contributed by atoms with Crippen LogP contribution in [0.25, 0.3) is 0 Å². The lowest BCUT2D eigenvalue weighted by Crippen LogP contribution is -2.30. The molecule has 0 fully saturated rings. The summed E-state index contributed by atoms with van der Waals surface area (Å²) in [7, 11) is 3.58. The fraction of sp³-hybridized carbons (Fsp3) is 0.292. The first kappa shape index (κ1) is 20.2. The first-order valence-corrected chi connectivity index (χ1v) is 10.1. The third kappa shape index (κ3) is 4.39. The zero-order valence-electron chi connectivity index (χ0n) is 17.3. The van der Waals surface area contributed by atoms with E-state index in [4.69, 9.17) is 4.74 Å². The number of carbonyl (C=O) groups is 1. The summed E-state index contributed by atoms with van der Waals surface area (Å²) in [5, 5.41) is 3.00. The Kier molecular flexibility index (Phi) is 5.86. The zero-order valence-corrected chi connectivity index (χ0v) is 17.3. The number of fused-ring (bicyclic) bond motifs is 1. The molecule has 0 saturated carbocycles. The van der Waals surface area contributed by atoms with E-state index in [0.717, 1.165) is 42.0 Å². The van der Waals surface area contributed by atoms with Gasteiger partial charge in [0, 0.05) is 45.3 Å². The van der Waals surface area contributed by atoms with Crippen LogP contribution in [0.4, 0.5) is 4.39 Å². The van der Waals surface area contributed by atoms with Gasteiger partial charge in [0.15, 0.2) is 0 Å². The molecule has 2 aromatic carbocycles. The highest BCUT2D eigenvalue weighted by molar-refractivity contribution is 5.93. The summed E-state index contributed by atoms with van der Waals surface area (Å²) in [5.41, 5.74) is 5.01. The molecule has 0 unspecified atom stereocenters. The lowest BCUT2D eigenvalue weighted by molar-refractivity contribution is 0.0942. The van der Waals surface area contributed by atoms with Gasteiger partial charge in [-0.25, -0.2) is 4.39 Å². The van der Waals surface area contributed by atoms with Crippen molar-refractivity contribution in [1.82, 2.24) is 14.8 Å². The molecule has 4 rings (SSSR count). The fourth-order valence-corrected chi connectivity index (χ4v) is 4.02. The van der Waals surface area contributed by atoms with E-state index in [1.54, 1.807) is 19.2 Å². The number of rotatable bonds is 6. The highest BCUT2D eigenvalue weighted by Gasteiger charge is 2.23. The SMILES string of the molecule is COc1ccc(CNC(=O)c2cc3c(n2C)CCN(Cc2cccc(F)c2)C3)cc1. The molecule has 1 aliphatic heterocycles. The summed E-state index contributed by atoms with van der Waals surface area (Å²) in [5.74, 6) is 0.503. The highest BCUT2D eigenvalue weighted by Crippen LogP contribution is 2.24. The molecule has 5 nitrogen and oxygen atoms in total. The molecule has 0 atom stereocenters. The Bertz CT molecular complexity index is 1040. The van der Waals surface area contributed by atoms with E-state index in [2.05, 4.69) is 10.2 Å². The van der Waals surface area contributed by atoms with Crippen molar-refractivity contribution in [2.75, 3.05) is 13.7 Å². The largest absolute Gasteiger partial charge is 0.497 e. The molecule has 2 heterocycles. The minimum Gasteiger partial charge on any atom is -0.497 e. The van der Waals surface area contributed by atoms with Gasteiger partial charge in [-0.1, -0.05) is 24.3 Å². The molecule has 1 aliphatic rings. The second-order valence-electron chi connectivity index (χ2n) is 7.68. The molecule has 6 heteroatoms. The second-order valence-corrected chi connectivity index (χ2v) is 7.68. The van der Waals surface area contributed by atoms with Crippen LogP contribution in [0.2, 0.25) is 0 Å². The summed E-state index contributed by atoms with van der Waals surface area (Å²) in [4.78, 5) is 15.1. The maximum Gasteiger partial charge on any atom is 0.268 e. The van der Waals surface area contributed by atoms with Gasteiger partial charge in [-0.15, -0.1) is 0 Å². The Hall–Kier alpha value is -3.12. The number of nitrogens with one attached hydrogen (secondary N) is 1. The molecule has 0 spiro atoms. The van der Waals surface area contributed by atoms with Crippen LogP contribution in [-0.2, 0) is 33.1 Å². The Labute approximate surface area is 176 Å². The summed E-state index contributed by atoms with van der Waals surface area (Å²) >= 11 is 0. The van der Waals surface area contributed by atoms with E-state index in [-0.39, 0.29) is 11.7 Å². The quantitative estimate of drug-likeness (QED) is 0.678. The monoisotopic (exact) mass is 407 g/mol. The van der Waals surface area contributed by atoms with Crippen LogP contribution in [-0.4, -0.2) is 29.0 Å². The van der Waals surface area contributed by atoms with Crippen LogP contribution in [0, 0.1) is 5.82 Å². The zero-order chi connectivity index (χ0) is 21.1. The number of hydrogen-bond acceptors (Lipinski definition) is 3. The van der Waals surface area contributed by atoms with Gasteiger partial charge in [-0.2, -0.15) is 0 Å². The molecule has 156 valence electrons. The lowest BCUT2D eigenvalue weighted by Gasteiger charge is -2.27. The minimum atomic E-state index is -0.208. The maximum atomic E-state index is 13.5. The number of halogens is 1. The Morgan fingerprint density at radius 2 is 1.93 bits per heavy atom. The summed E-state index contributed by atoms with van der Waals surface area (Å²) in [6.45, 7) is 2.80. The molecule has 0 saturated heterocycles. The molecule has 0 aliphatic carbocycles. The van der Waals surface area contributed by atoms with E-state index < -0.39 is 0 Å². The number of hydrogen-bond donors (Lipinski definition) is 1. The van der Waals surface area contributed by atoms with E-state index >= 15 is 0 Å². The van der Waals surface area contributed by atoms with Crippen LogP contribution >= 0.6 is 0 Å². The number of amides is 1. The molecule has 30 heavy (non-hydrogen) atoms. The van der Waals surface area contributed by atoms with Crippen molar-refractivity contribution in [3.63, 3.8) is 0 Å². The second kappa shape index (κ2) is 8.71. The molecule has 1 N–H and O–H groups in total. The summed E-state index contributed by atoms with van der Waals surface area (Å²) in [6.07, 6.45) is 0.868. The molecule has 0 bridgehead atoms. The van der Waals surface area contributed by atoms with Crippen LogP contribution in [0.3, 0.4) is 0 Å². The Morgan fingerprint density at radius 1 is 1.13 bits per heavy atom. The lowest BCUT2D eigenvalue weighted by atomic mass is 10.1. The van der Waals surface area contributed by atoms with E-state index in [1.165, 1.54) is 11.8 Å². The van der Waals surface area contributed by atoms with Crippen LogP contribution in [0.15, 0.2) is 54.6 Å². The number of carbonyl (C=O) groups excluding carboxylic acids is 1. The smallest absolute Gasteiger partial charge is 0.268 e. The van der Waals surface area contributed by atoms with Crippen molar-refractivity contribution < 1.29 is 13.9 Å². The highest BCUT2D eigenvalue weighted by atomic mass is 19.1. The summed E-state index contributed by atoms with van der Waals surface area (Å²) in [6, 6.07) is 16.4. The van der Waals surface area contributed by atoms with E-state index in [9.17, 15) is 9.18 Å². The van der Waals surface area contributed by atoms with Crippen molar-refractivity contribution in [2.45, 2.75) is 26.1 Å². The number of aromatic nitrogens is 1. The first-order valence-electron chi connectivity index (χ1n) is 10.1. The van der Waals surface area contributed by atoms with Gasteiger partial charge in [-0.05, 0) is 47.0 Å². The van der Waals surface area contributed by atoms with Gasteiger partial charge < -0.3 is 14.6 Å². The predicted molar refractivity (Wildman–Crippen MR) is 114 cm³/mol. The first-order chi connectivity index (χ1) is 14.5. The average molecular weight is 407 g/mol. The Balaban J connectivity index is 1.41. The summed E-state index contributed by atoms with van der Waals surface area (Å²) < 4.78 is 20.6. The molecule has 1 amide bonds. The van der Waals surface area contributed by atoms with Crippen LogP contribution < -0.4 is 10.1 Å². The Morgan fingerprint density at radius 3 is 2.67 bits per heavy atom. The van der Waals surface area contributed by atoms with Crippen molar-refractivity contribution >= 4 is 5.91 Å². The number of ether oxygens (including phenoxy) is 1. The van der Waals surface area contributed by atoms with Crippen molar-refractivity contribution in [2.24, 2.45) is 7.05 Å². The van der Waals surface area contributed by atoms with Crippen LogP contribution in [0.5, 0.6) is 5.75 Å². The number of methoxy groups -OCH3 is 1. The van der Waals surface area contributed by atoms with Gasteiger partial charge >= 0.3 is 0 Å². The topological polar surface area (TPSA) is 46.5 Å². The standard InChI is InChI=1S/C24H26FN3O2/c1-27-22-10-11-28(15-18-4-3-5-20(25)12-18)16-19(22)13-23(27)24(29)26-14-17-6-8-21(30-2)9-7-17/h3-9,12-13H,10-11,14-16H2,1-2H3,(H,26,29). The maximum absolute atomic E-state index is 13.5. The number of benzene rings is 2. The van der Waals surface area contributed by atoms with E-state index in [1.807, 2.05) is 48.0 Å². The molecule has 3 aromatic rings. The average Bonchev–Trinajstić information content (AvgIpc) is 3.08. The third-order valence-corrected chi connectivity index (χ3v) is 5.65. The molecular weight excluding hydrogens is 381 g/mol. The fourth-order valence-electron chi connectivity index (χ4n) is 4.02. The van der Waals surface area contributed by atoms with Gasteiger partial charge in [0.25, 0.3) is 5.91 Å². The van der Waals surface area contributed by atoms with Crippen molar-refractivity contribution in [1.29, 1.82) is 0 Å². The molecular formula is C24H26FN3O2. The van der Waals surface area contributed by atoms with Gasteiger partial charge in [-0.3, -0.25) is 9.69 Å². The van der Waals surface area contributed by atoms with Gasteiger partial charge in [0.2, 0.25) is 0 Å². The normalized spacial score (nSPS) is 13.7. The van der Waals surface area contributed by atoms with Crippen molar-refractivity contribution in [3.8, 4) is 5.75 Å². The van der Waals surface area contributed by atoms with Gasteiger partial charge in [0.05, 0.1) is 7.11 Å². The minimum absolute atomic E-state index is 0.0839. The predicted octanol–water partition coefficient (Wildman–Crippen LogP) is 3.66. The van der Waals surface area contributed by atoms with Crippen molar-refractivity contribution in [3.05, 3.63) is 88.5 Å². The van der Waals surface area contributed by atoms with Gasteiger partial charge in [0.1, 0.15) is 17.3 Å². The molecule has 1 aromatic heterocycles. The number of nitrogens with zero attached hydrogens (tertiary/aromatic N) is 2. The third-order valence-electron chi connectivity index (χ3n) is 5.65. The van der Waals surface area contributed by atoms with E-state index in [0.29, 0.717) is 18.8 Å². The molecule has 0 radical (unpaired) electrons. The van der Waals surface area contributed by atoms with Crippen LogP contribution in [0.1, 0.15) is 32.9 Å².